The number of hydrogen-bond donors (Lipinski definition) is 2. The van der Waals surface area contributed by atoms with Gasteiger partial charge in [-0.05, 0) is 87.8 Å². The van der Waals surface area contributed by atoms with E-state index in [0.29, 0.717) is 55.4 Å². The molecule has 1 saturated heterocycles. The van der Waals surface area contributed by atoms with E-state index in [1.165, 1.54) is 6.07 Å². The minimum Gasteiger partial charge on any atom is -0.457 e. The number of esters is 1. The summed E-state index contributed by atoms with van der Waals surface area (Å²) in [7, 11) is 2.03. The van der Waals surface area contributed by atoms with E-state index >= 15 is 4.39 Å². The van der Waals surface area contributed by atoms with Crippen LogP contribution in [-0.2, 0) is 14.3 Å². The van der Waals surface area contributed by atoms with Crippen LogP contribution in [0.15, 0.2) is 29.9 Å². The molecule has 3 heterocycles. The lowest BCUT2D eigenvalue weighted by Crippen LogP contribution is -2.48. The molecule has 2 fully saturated rings. The molecule has 2 aliphatic heterocycles. The Kier molecular flexibility index (Phi) is 11.1. The van der Waals surface area contributed by atoms with E-state index < -0.39 is 30.1 Å². The maximum absolute atomic E-state index is 15.2. The highest BCUT2D eigenvalue weighted by Gasteiger charge is 2.30. The molecule has 2 aromatic rings. The predicted octanol–water partition coefficient (Wildman–Crippen LogP) is 4.49. The number of amides is 1. The first-order valence-electron chi connectivity index (χ1n) is 16.6. The van der Waals surface area contributed by atoms with Crippen LogP contribution in [0, 0.1) is 17.7 Å². The summed E-state index contributed by atoms with van der Waals surface area (Å²) in [4.78, 5) is 29.9. The van der Waals surface area contributed by atoms with Gasteiger partial charge in [-0.25, -0.2) is 13.9 Å². The molecule has 11 nitrogen and oxygen atoms in total. The van der Waals surface area contributed by atoms with Crippen molar-refractivity contribution >= 4 is 29.2 Å². The first kappa shape index (κ1) is 34.0. The van der Waals surface area contributed by atoms with Crippen molar-refractivity contribution in [2.24, 2.45) is 11.8 Å². The maximum atomic E-state index is 15.2. The standard InChI is InChI=1S/C34H48FN5O6/c1-21-5-9-27(42)20-31(43)46-33(22(2)6-12-30(21)45-34(44)39-15-13-38(4)14-16-39)23(3)17-24-18-28(35)32-29(19-24)40(37-36-32)25-7-10-26(41)11-8-25/h6,12,17-19,21-22,25-27,30,33,41-42H,5,7-11,13-16,20H2,1-4H3/b12-6+,23-17+/t21-,22-,25?,26?,27+,30+,33-/m0/s1. The summed E-state index contributed by atoms with van der Waals surface area (Å²) in [6, 6.07) is 3.26. The molecule has 2 N–H and O–H groups in total. The van der Waals surface area contributed by atoms with Crippen molar-refractivity contribution in [1.29, 1.82) is 0 Å². The van der Waals surface area contributed by atoms with Gasteiger partial charge in [0, 0.05) is 32.1 Å². The lowest BCUT2D eigenvalue weighted by molar-refractivity contribution is -0.151. The summed E-state index contributed by atoms with van der Waals surface area (Å²) in [6.07, 6.45) is 6.34. The summed E-state index contributed by atoms with van der Waals surface area (Å²) in [6.45, 7) is 8.50. The van der Waals surface area contributed by atoms with E-state index in [4.69, 9.17) is 9.47 Å². The zero-order chi connectivity index (χ0) is 33.0. The summed E-state index contributed by atoms with van der Waals surface area (Å²) >= 11 is 0. The van der Waals surface area contributed by atoms with Crippen LogP contribution < -0.4 is 0 Å². The number of aliphatic hydroxyl groups excluding tert-OH is 2. The highest BCUT2D eigenvalue weighted by Crippen LogP contribution is 2.32. The van der Waals surface area contributed by atoms with Gasteiger partial charge in [0.2, 0.25) is 0 Å². The number of ether oxygens (including phenoxy) is 2. The predicted molar refractivity (Wildman–Crippen MR) is 171 cm³/mol. The van der Waals surface area contributed by atoms with Crippen molar-refractivity contribution < 1.29 is 33.7 Å². The molecule has 1 aliphatic carbocycles. The van der Waals surface area contributed by atoms with E-state index in [1.807, 2.05) is 46.0 Å². The lowest BCUT2D eigenvalue weighted by atomic mass is 9.91. The third-order valence-corrected chi connectivity index (χ3v) is 9.67. The van der Waals surface area contributed by atoms with Crippen molar-refractivity contribution in [3.05, 3.63) is 41.2 Å². The number of piperazine rings is 1. The number of likely N-dealkylation sites (N-methyl/N-ethyl adjacent to an activating group) is 1. The molecule has 1 amide bonds. The second-order valence-corrected chi connectivity index (χ2v) is 13.5. The van der Waals surface area contributed by atoms with Gasteiger partial charge in [-0.2, -0.15) is 0 Å². The van der Waals surface area contributed by atoms with E-state index in [2.05, 4.69) is 15.2 Å². The average molecular weight is 642 g/mol. The van der Waals surface area contributed by atoms with Crippen LogP contribution in [0.3, 0.4) is 0 Å². The second kappa shape index (κ2) is 15.0. The third-order valence-electron chi connectivity index (χ3n) is 9.67. The van der Waals surface area contributed by atoms with Crippen molar-refractivity contribution in [2.75, 3.05) is 33.2 Å². The number of nitrogens with zero attached hydrogens (tertiary/aromatic N) is 5. The number of carbonyl (C=O) groups excluding carboxylic acids is 2. The first-order valence-corrected chi connectivity index (χ1v) is 16.6. The Bertz CT molecular complexity index is 1430. The molecule has 1 saturated carbocycles. The topological polar surface area (TPSA) is 130 Å². The quantitative estimate of drug-likeness (QED) is 0.367. The molecule has 1 aromatic carbocycles. The normalized spacial score (nSPS) is 31.5. The summed E-state index contributed by atoms with van der Waals surface area (Å²) in [5.74, 6) is -1.41. The van der Waals surface area contributed by atoms with Crippen molar-refractivity contribution in [2.45, 2.75) is 96.2 Å². The summed E-state index contributed by atoms with van der Waals surface area (Å²) in [5.41, 5.74) is 2.03. The molecule has 0 unspecified atom stereocenters. The van der Waals surface area contributed by atoms with Gasteiger partial charge in [0.1, 0.15) is 17.7 Å². The number of hydrogen-bond acceptors (Lipinski definition) is 9. The van der Waals surface area contributed by atoms with Gasteiger partial charge in [-0.15, -0.1) is 5.10 Å². The van der Waals surface area contributed by atoms with Gasteiger partial charge in [0.25, 0.3) is 0 Å². The van der Waals surface area contributed by atoms with Gasteiger partial charge in [-0.3, -0.25) is 4.79 Å². The molecule has 3 aliphatic rings. The van der Waals surface area contributed by atoms with E-state index in [-0.39, 0.29) is 42.0 Å². The Morgan fingerprint density at radius 1 is 1.02 bits per heavy atom. The maximum Gasteiger partial charge on any atom is 0.410 e. The molecule has 5 rings (SSSR count). The largest absolute Gasteiger partial charge is 0.457 e. The molecular weight excluding hydrogens is 593 g/mol. The Balaban J connectivity index is 1.39. The molecule has 252 valence electrons. The number of rotatable bonds is 4. The Labute approximate surface area is 270 Å². The zero-order valence-corrected chi connectivity index (χ0v) is 27.3. The van der Waals surface area contributed by atoms with Crippen LogP contribution in [-0.4, -0.2) is 105 Å². The fourth-order valence-electron chi connectivity index (χ4n) is 6.65. The van der Waals surface area contributed by atoms with E-state index in [1.54, 1.807) is 15.7 Å². The van der Waals surface area contributed by atoms with E-state index in [0.717, 1.165) is 25.9 Å². The van der Waals surface area contributed by atoms with E-state index in [9.17, 15) is 19.8 Å². The van der Waals surface area contributed by atoms with Gasteiger partial charge in [-0.1, -0.05) is 31.2 Å². The summed E-state index contributed by atoms with van der Waals surface area (Å²) in [5, 5.41) is 28.9. The van der Waals surface area contributed by atoms with Crippen molar-refractivity contribution in [3.8, 4) is 0 Å². The van der Waals surface area contributed by atoms with Crippen LogP contribution in [0.4, 0.5) is 9.18 Å². The Hall–Kier alpha value is -3.35. The van der Waals surface area contributed by atoms with Gasteiger partial charge < -0.3 is 29.5 Å². The van der Waals surface area contributed by atoms with Crippen LogP contribution in [0.2, 0.25) is 0 Å². The SMILES string of the molecule is C/C(=C\c1cc(F)c2nnn(C3CCC(O)CC3)c2c1)[C@H]1OC(=O)C[C@H](O)CC[C@H](C)[C@H](OC(=O)N2CCN(C)CC2)/C=C/[C@@H]1C. The van der Waals surface area contributed by atoms with Crippen molar-refractivity contribution in [3.63, 3.8) is 0 Å². The van der Waals surface area contributed by atoms with Crippen LogP contribution in [0.25, 0.3) is 17.1 Å². The Morgan fingerprint density at radius 2 is 1.72 bits per heavy atom. The minimum atomic E-state index is -0.891. The number of halogens is 1. The fourth-order valence-corrected chi connectivity index (χ4v) is 6.65. The third kappa shape index (κ3) is 8.32. The highest BCUT2D eigenvalue weighted by molar-refractivity contribution is 5.79. The lowest BCUT2D eigenvalue weighted by Gasteiger charge is -2.33. The molecule has 1 aromatic heterocycles. The Morgan fingerprint density at radius 3 is 2.43 bits per heavy atom. The highest BCUT2D eigenvalue weighted by atomic mass is 19.1. The average Bonchev–Trinajstić information content (AvgIpc) is 3.45. The molecule has 5 atom stereocenters. The number of carbonyl (C=O) groups is 2. The van der Waals surface area contributed by atoms with Crippen LogP contribution >= 0.6 is 0 Å². The molecule has 0 spiro atoms. The number of cyclic esters (lactones) is 1. The molecule has 0 radical (unpaired) electrons. The smallest absolute Gasteiger partial charge is 0.410 e. The molecular formula is C34H48FN5O6. The number of aliphatic hydroxyl groups is 2. The molecule has 0 bridgehead atoms. The first-order chi connectivity index (χ1) is 22.0. The molecule has 46 heavy (non-hydrogen) atoms. The zero-order valence-electron chi connectivity index (χ0n) is 27.3. The van der Waals surface area contributed by atoms with Crippen LogP contribution in [0.5, 0.6) is 0 Å². The summed E-state index contributed by atoms with van der Waals surface area (Å²) < 4.78 is 28.9. The monoisotopic (exact) mass is 641 g/mol. The van der Waals surface area contributed by atoms with Gasteiger partial charge in [0.15, 0.2) is 5.82 Å². The number of aromatic nitrogens is 3. The van der Waals surface area contributed by atoms with Crippen molar-refractivity contribution in [1.82, 2.24) is 24.8 Å². The fraction of sp³-hybridized carbons (Fsp3) is 0.647. The van der Waals surface area contributed by atoms with Gasteiger partial charge >= 0.3 is 12.1 Å². The van der Waals surface area contributed by atoms with Crippen LogP contribution in [0.1, 0.15) is 77.3 Å². The van der Waals surface area contributed by atoms with Gasteiger partial charge in [0.05, 0.1) is 30.2 Å². The number of benzene rings is 1. The second-order valence-electron chi connectivity index (χ2n) is 13.5. The molecule has 12 heteroatoms. The number of fused-ring (bicyclic) bond motifs is 1. The minimum absolute atomic E-state index is 0.0256.